The smallest absolute Gasteiger partial charge is 0.295 e. The number of hydrogen-bond donors (Lipinski definition) is 0. The van der Waals surface area contributed by atoms with Crippen LogP contribution in [-0.2, 0) is 14.3 Å². The Kier molecular flexibility index (Phi) is 18.0. The zero-order valence-electron chi connectivity index (χ0n) is 15.0. The lowest BCUT2D eigenvalue weighted by molar-refractivity contribution is -0.164. The Morgan fingerprint density at radius 3 is 1.59 bits per heavy atom. The molecular formula is C19H38O3. The van der Waals surface area contributed by atoms with Gasteiger partial charge in [0, 0.05) is 6.42 Å². The number of ether oxygens (including phenoxy) is 2. The van der Waals surface area contributed by atoms with Crippen molar-refractivity contribution >= 4 is 6.47 Å². The molecule has 0 amide bonds. The SMILES string of the molecule is CCCCCCCCCCCCCCCOC(CC)OC=O. The lowest BCUT2D eigenvalue weighted by Gasteiger charge is -2.13. The Labute approximate surface area is 138 Å². The molecule has 0 aliphatic carbocycles. The van der Waals surface area contributed by atoms with E-state index in [1.54, 1.807) is 0 Å². The Bertz CT molecular complexity index is 219. The summed E-state index contributed by atoms with van der Waals surface area (Å²) in [6, 6.07) is 0. The zero-order chi connectivity index (χ0) is 16.3. The van der Waals surface area contributed by atoms with Crippen molar-refractivity contribution in [3.63, 3.8) is 0 Å². The van der Waals surface area contributed by atoms with Crippen molar-refractivity contribution in [1.82, 2.24) is 0 Å². The van der Waals surface area contributed by atoms with E-state index in [1.165, 1.54) is 77.0 Å². The first kappa shape index (κ1) is 21.4. The third-order valence-electron chi connectivity index (χ3n) is 4.09. The van der Waals surface area contributed by atoms with Crippen molar-refractivity contribution in [2.24, 2.45) is 0 Å². The molecule has 0 N–H and O–H groups in total. The molecule has 0 heterocycles. The maximum absolute atomic E-state index is 10.2. The van der Waals surface area contributed by atoms with Crippen LogP contribution in [0.1, 0.15) is 104 Å². The largest absolute Gasteiger partial charge is 0.438 e. The molecule has 0 aromatic carbocycles. The molecule has 0 aliphatic rings. The van der Waals surface area contributed by atoms with Gasteiger partial charge in [0.2, 0.25) is 6.29 Å². The highest BCUT2D eigenvalue weighted by molar-refractivity contribution is 5.37. The second kappa shape index (κ2) is 18.5. The van der Waals surface area contributed by atoms with Crippen molar-refractivity contribution < 1.29 is 14.3 Å². The summed E-state index contributed by atoms with van der Waals surface area (Å²) in [5.74, 6) is 0. The Morgan fingerprint density at radius 2 is 1.18 bits per heavy atom. The summed E-state index contributed by atoms with van der Waals surface area (Å²) in [6.45, 7) is 5.40. The van der Waals surface area contributed by atoms with Crippen molar-refractivity contribution in [2.45, 2.75) is 110 Å². The molecule has 0 aromatic heterocycles. The minimum absolute atomic E-state index is 0.352. The molecule has 0 aromatic rings. The van der Waals surface area contributed by atoms with E-state index in [1.807, 2.05) is 6.92 Å². The Hall–Kier alpha value is -0.570. The molecule has 3 nitrogen and oxygen atoms in total. The number of carbonyl (C=O) groups excluding carboxylic acids is 1. The second-order valence-electron chi connectivity index (χ2n) is 6.18. The number of unbranched alkanes of at least 4 members (excludes halogenated alkanes) is 12. The van der Waals surface area contributed by atoms with Crippen LogP contribution in [0.5, 0.6) is 0 Å². The predicted octanol–water partition coefficient (Wildman–Crippen LogP) is 6.00. The van der Waals surface area contributed by atoms with Crippen molar-refractivity contribution in [3.05, 3.63) is 0 Å². The van der Waals surface area contributed by atoms with E-state index in [2.05, 4.69) is 6.92 Å². The highest BCUT2D eigenvalue weighted by Gasteiger charge is 2.04. The van der Waals surface area contributed by atoms with Gasteiger partial charge in [-0.3, -0.25) is 4.79 Å². The summed E-state index contributed by atoms with van der Waals surface area (Å²) in [5.41, 5.74) is 0. The van der Waals surface area contributed by atoms with Gasteiger partial charge < -0.3 is 9.47 Å². The zero-order valence-corrected chi connectivity index (χ0v) is 15.0. The van der Waals surface area contributed by atoms with Crippen LogP contribution in [0.3, 0.4) is 0 Å². The fraction of sp³-hybridized carbons (Fsp3) is 0.947. The van der Waals surface area contributed by atoms with Gasteiger partial charge in [0.25, 0.3) is 6.47 Å². The van der Waals surface area contributed by atoms with Crippen LogP contribution in [0.4, 0.5) is 0 Å². The second-order valence-corrected chi connectivity index (χ2v) is 6.18. The van der Waals surface area contributed by atoms with Crippen LogP contribution >= 0.6 is 0 Å². The summed E-state index contributed by atoms with van der Waals surface area (Å²) in [4.78, 5) is 10.2. The first-order valence-electron chi connectivity index (χ1n) is 9.55. The highest BCUT2D eigenvalue weighted by Crippen LogP contribution is 2.12. The summed E-state index contributed by atoms with van der Waals surface area (Å²) in [7, 11) is 0. The molecule has 0 radical (unpaired) electrons. The summed E-state index contributed by atoms with van der Waals surface area (Å²) in [5, 5.41) is 0. The van der Waals surface area contributed by atoms with E-state index in [0.29, 0.717) is 13.1 Å². The summed E-state index contributed by atoms with van der Waals surface area (Å²) >= 11 is 0. The van der Waals surface area contributed by atoms with E-state index in [0.717, 1.165) is 12.8 Å². The average molecular weight is 315 g/mol. The Morgan fingerprint density at radius 1 is 0.727 bits per heavy atom. The fourth-order valence-corrected chi connectivity index (χ4v) is 2.65. The van der Waals surface area contributed by atoms with Crippen molar-refractivity contribution in [3.8, 4) is 0 Å². The topological polar surface area (TPSA) is 35.5 Å². The monoisotopic (exact) mass is 314 g/mol. The maximum Gasteiger partial charge on any atom is 0.295 e. The van der Waals surface area contributed by atoms with Gasteiger partial charge in [-0.1, -0.05) is 90.9 Å². The standard InChI is InChI=1S/C19H38O3/c1-3-5-6-7-8-9-10-11-12-13-14-15-16-17-21-19(4-2)22-18-20/h18-19H,3-17H2,1-2H3. The molecule has 132 valence electrons. The van der Waals surface area contributed by atoms with Gasteiger partial charge in [-0.05, 0) is 6.42 Å². The van der Waals surface area contributed by atoms with E-state index >= 15 is 0 Å². The van der Waals surface area contributed by atoms with Crippen LogP contribution in [-0.4, -0.2) is 19.4 Å². The van der Waals surface area contributed by atoms with Crippen molar-refractivity contribution in [1.29, 1.82) is 0 Å². The van der Waals surface area contributed by atoms with Gasteiger partial charge in [0.05, 0.1) is 6.61 Å². The first-order chi connectivity index (χ1) is 10.8. The molecule has 1 unspecified atom stereocenters. The van der Waals surface area contributed by atoms with E-state index in [-0.39, 0.29) is 6.29 Å². The van der Waals surface area contributed by atoms with E-state index in [9.17, 15) is 4.79 Å². The summed E-state index contributed by atoms with van der Waals surface area (Å²) in [6.07, 6.45) is 17.9. The molecule has 1 atom stereocenters. The summed E-state index contributed by atoms with van der Waals surface area (Å²) < 4.78 is 10.3. The van der Waals surface area contributed by atoms with E-state index < -0.39 is 0 Å². The molecule has 0 aliphatic heterocycles. The first-order valence-corrected chi connectivity index (χ1v) is 9.55. The predicted molar refractivity (Wildman–Crippen MR) is 92.9 cm³/mol. The minimum atomic E-state index is -0.352. The van der Waals surface area contributed by atoms with Crippen LogP contribution in [0.25, 0.3) is 0 Å². The molecule has 0 saturated heterocycles. The van der Waals surface area contributed by atoms with E-state index in [4.69, 9.17) is 9.47 Å². The molecule has 0 fully saturated rings. The van der Waals surface area contributed by atoms with Crippen LogP contribution < -0.4 is 0 Å². The van der Waals surface area contributed by atoms with Crippen LogP contribution in [0, 0.1) is 0 Å². The fourth-order valence-electron chi connectivity index (χ4n) is 2.65. The normalized spacial score (nSPS) is 12.3. The molecule has 0 bridgehead atoms. The lowest BCUT2D eigenvalue weighted by atomic mass is 10.0. The Balaban J connectivity index is 3.09. The average Bonchev–Trinajstić information content (AvgIpc) is 2.54. The molecule has 0 spiro atoms. The van der Waals surface area contributed by atoms with Gasteiger partial charge in [-0.2, -0.15) is 0 Å². The molecule has 0 rings (SSSR count). The van der Waals surface area contributed by atoms with Gasteiger partial charge in [0.1, 0.15) is 0 Å². The lowest BCUT2D eigenvalue weighted by Crippen LogP contribution is -2.16. The number of carbonyl (C=O) groups is 1. The van der Waals surface area contributed by atoms with Crippen molar-refractivity contribution in [2.75, 3.05) is 6.61 Å². The van der Waals surface area contributed by atoms with Gasteiger partial charge in [-0.15, -0.1) is 0 Å². The van der Waals surface area contributed by atoms with Crippen LogP contribution in [0.2, 0.25) is 0 Å². The molecule has 3 heteroatoms. The molecular weight excluding hydrogens is 276 g/mol. The number of rotatable bonds is 18. The van der Waals surface area contributed by atoms with Gasteiger partial charge >= 0.3 is 0 Å². The third kappa shape index (κ3) is 15.8. The number of hydrogen-bond acceptors (Lipinski definition) is 3. The van der Waals surface area contributed by atoms with Gasteiger partial charge in [0.15, 0.2) is 0 Å². The minimum Gasteiger partial charge on any atom is -0.438 e. The van der Waals surface area contributed by atoms with Crippen LogP contribution in [0.15, 0.2) is 0 Å². The van der Waals surface area contributed by atoms with Gasteiger partial charge in [-0.25, -0.2) is 0 Å². The maximum atomic E-state index is 10.2. The highest BCUT2D eigenvalue weighted by atomic mass is 16.7. The molecule has 22 heavy (non-hydrogen) atoms. The third-order valence-corrected chi connectivity index (χ3v) is 4.09. The quantitative estimate of drug-likeness (QED) is 0.177. The molecule has 0 saturated carbocycles.